The zero-order chi connectivity index (χ0) is 26.2. The molecule has 0 N–H and O–H groups in total. The first-order chi connectivity index (χ1) is 19.9. The van der Waals surface area contributed by atoms with Gasteiger partial charge in [0.2, 0.25) is 0 Å². The van der Waals surface area contributed by atoms with Crippen molar-refractivity contribution in [1.29, 1.82) is 0 Å². The summed E-state index contributed by atoms with van der Waals surface area (Å²) in [6.07, 6.45) is 4.89. The summed E-state index contributed by atoms with van der Waals surface area (Å²) in [6.45, 7) is 0.261. The van der Waals surface area contributed by atoms with E-state index in [4.69, 9.17) is 0 Å². The third-order valence-electron chi connectivity index (χ3n) is 9.02. The van der Waals surface area contributed by atoms with Crippen LogP contribution in [-0.4, -0.2) is 26.2 Å². The SMILES string of the molecule is c1ccc(N2c3ccccc3B3c4ccccc4[Se]c4cc(-n5c6c(c7ccccc75)CCCC6)cc2c43)cc1. The van der Waals surface area contributed by atoms with Crippen LogP contribution in [-0.2, 0) is 12.8 Å². The number of nitrogens with zero attached hydrogens (tertiary/aromatic N) is 2. The molecule has 0 bridgehead atoms. The second kappa shape index (κ2) is 8.76. The molecule has 9 rings (SSSR count). The Labute approximate surface area is 241 Å². The second-order valence-corrected chi connectivity index (χ2v) is 13.4. The molecule has 0 radical (unpaired) electrons. The number of aryl methyl sites for hydroxylation is 1. The van der Waals surface area contributed by atoms with Gasteiger partial charge in [-0.3, -0.25) is 0 Å². The van der Waals surface area contributed by atoms with Crippen LogP contribution >= 0.6 is 0 Å². The number of fused-ring (bicyclic) bond motifs is 7. The van der Waals surface area contributed by atoms with E-state index in [2.05, 4.69) is 125 Å². The van der Waals surface area contributed by atoms with Gasteiger partial charge in [-0.05, 0) is 0 Å². The fourth-order valence-electron chi connectivity index (χ4n) is 7.41. The van der Waals surface area contributed by atoms with Gasteiger partial charge in [-0.2, -0.15) is 0 Å². The molecule has 0 saturated heterocycles. The van der Waals surface area contributed by atoms with Gasteiger partial charge in [0.25, 0.3) is 0 Å². The van der Waals surface area contributed by atoms with Crippen molar-refractivity contribution in [3.05, 3.63) is 127 Å². The molecule has 3 aliphatic rings. The van der Waals surface area contributed by atoms with Gasteiger partial charge in [0.15, 0.2) is 0 Å². The van der Waals surface area contributed by atoms with Crippen LogP contribution in [0.1, 0.15) is 24.1 Å². The number of hydrogen-bond acceptors (Lipinski definition) is 1. The molecule has 5 aromatic carbocycles. The van der Waals surface area contributed by atoms with E-state index in [1.165, 1.54) is 83.9 Å². The monoisotopic (exact) mass is 578 g/mol. The second-order valence-electron chi connectivity index (χ2n) is 11.2. The first-order valence-corrected chi connectivity index (χ1v) is 16.1. The summed E-state index contributed by atoms with van der Waals surface area (Å²) in [6, 6.07) is 43.3. The van der Waals surface area contributed by atoms with Gasteiger partial charge in [0.1, 0.15) is 0 Å². The normalized spacial score (nSPS) is 14.9. The number of hydrogen-bond donors (Lipinski definition) is 0. The zero-order valence-electron chi connectivity index (χ0n) is 22.2. The predicted molar refractivity (Wildman–Crippen MR) is 171 cm³/mol. The van der Waals surface area contributed by atoms with E-state index >= 15 is 0 Å². The molecule has 1 aromatic heterocycles. The Bertz CT molecular complexity index is 1960. The molecular formula is C36H27BN2Se. The van der Waals surface area contributed by atoms with E-state index in [1.807, 2.05) is 0 Å². The third-order valence-corrected chi connectivity index (χ3v) is 11.4. The van der Waals surface area contributed by atoms with Gasteiger partial charge >= 0.3 is 242 Å². The topological polar surface area (TPSA) is 8.17 Å². The molecule has 40 heavy (non-hydrogen) atoms. The number of benzene rings is 5. The van der Waals surface area contributed by atoms with E-state index < -0.39 is 0 Å². The van der Waals surface area contributed by atoms with Crippen molar-refractivity contribution in [2.24, 2.45) is 0 Å². The summed E-state index contributed by atoms with van der Waals surface area (Å²) in [4.78, 5) is 2.52. The van der Waals surface area contributed by atoms with Crippen molar-refractivity contribution in [2.75, 3.05) is 4.90 Å². The summed E-state index contributed by atoms with van der Waals surface area (Å²) in [5, 5.41) is 1.43. The van der Waals surface area contributed by atoms with Crippen molar-refractivity contribution in [1.82, 2.24) is 4.57 Å². The van der Waals surface area contributed by atoms with Crippen LogP contribution in [0.4, 0.5) is 17.1 Å². The third kappa shape index (κ3) is 3.18. The summed E-state index contributed by atoms with van der Waals surface area (Å²) in [5.74, 6) is 0. The van der Waals surface area contributed by atoms with Crippen molar-refractivity contribution >= 4 is 74.9 Å². The fraction of sp³-hybridized carbons (Fsp3) is 0.111. The summed E-state index contributed by atoms with van der Waals surface area (Å²) in [7, 11) is 0. The molecule has 4 heteroatoms. The Kier molecular flexibility index (Phi) is 4.99. The van der Waals surface area contributed by atoms with Crippen molar-refractivity contribution in [3.63, 3.8) is 0 Å². The van der Waals surface area contributed by atoms with Crippen LogP contribution in [0, 0.1) is 0 Å². The number of rotatable bonds is 2. The van der Waals surface area contributed by atoms with E-state index in [1.54, 1.807) is 5.56 Å². The minimum atomic E-state index is 0.241. The van der Waals surface area contributed by atoms with E-state index in [-0.39, 0.29) is 21.7 Å². The summed E-state index contributed by atoms with van der Waals surface area (Å²) < 4.78 is 5.63. The molecule has 190 valence electrons. The maximum atomic E-state index is 2.61. The summed E-state index contributed by atoms with van der Waals surface area (Å²) in [5.41, 5.74) is 14.0. The number of anilines is 3. The Balaban J connectivity index is 1.38. The molecule has 0 unspecified atom stereocenters. The van der Waals surface area contributed by atoms with Gasteiger partial charge in [0, 0.05) is 0 Å². The van der Waals surface area contributed by atoms with Gasteiger partial charge < -0.3 is 0 Å². The van der Waals surface area contributed by atoms with Crippen molar-refractivity contribution < 1.29 is 0 Å². The molecule has 0 saturated carbocycles. The maximum absolute atomic E-state index is 2.61. The van der Waals surface area contributed by atoms with Crippen LogP contribution < -0.4 is 30.2 Å². The average molecular weight is 577 g/mol. The average Bonchev–Trinajstić information content (AvgIpc) is 3.35. The molecule has 3 heterocycles. The molecule has 2 aliphatic heterocycles. The first kappa shape index (κ1) is 22.8. The molecule has 0 spiro atoms. The molecule has 0 fully saturated rings. The Morgan fingerprint density at radius 3 is 2.27 bits per heavy atom. The Hall–Kier alpha value is -3.98. The van der Waals surface area contributed by atoms with E-state index in [0.29, 0.717) is 0 Å². The summed E-state index contributed by atoms with van der Waals surface area (Å²) >= 11 is 0.241. The molecule has 2 nitrogen and oxygen atoms in total. The van der Waals surface area contributed by atoms with Gasteiger partial charge in [0.05, 0.1) is 0 Å². The molecule has 1 aliphatic carbocycles. The van der Waals surface area contributed by atoms with Gasteiger partial charge in [-0.1, -0.05) is 0 Å². The van der Waals surface area contributed by atoms with E-state index in [0.717, 1.165) is 6.42 Å². The molecule has 0 atom stereocenters. The first-order valence-electron chi connectivity index (χ1n) is 14.4. The van der Waals surface area contributed by atoms with Gasteiger partial charge in [-0.15, -0.1) is 0 Å². The zero-order valence-corrected chi connectivity index (χ0v) is 23.9. The Morgan fingerprint density at radius 2 is 1.35 bits per heavy atom. The molecular weight excluding hydrogens is 550 g/mol. The number of aromatic nitrogens is 1. The van der Waals surface area contributed by atoms with Crippen molar-refractivity contribution in [3.8, 4) is 5.69 Å². The van der Waals surface area contributed by atoms with Crippen LogP contribution in [0.25, 0.3) is 16.6 Å². The van der Waals surface area contributed by atoms with Crippen LogP contribution in [0.5, 0.6) is 0 Å². The van der Waals surface area contributed by atoms with Crippen molar-refractivity contribution in [2.45, 2.75) is 25.7 Å². The standard InChI is InChI=1S/C36H27BN2Se/c1-2-12-24(13-3-1)38-32-20-10-6-16-28(32)37-29-17-7-11-21-34(29)40-35-23-25(22-33(38)36(35)37)39-30-18-8-4-14-26(30)27-15-5-9-19-31(27)39/h1-4,6-8,10-14,16-18,20-23H,5,9,15,19H2. The fourth-order valence-corrected chi connectivity index (χ4v) is 9.92. The van der Waals surface area contributed by atoms with Gasteiger partial charge in [-0.25, -0.2) is 0 Å². The van der Waals surface area contributed by atoms with Crippen LogP contribution in [0.15, 0.2) is 115 Å². The van der Waals surface area contributed by atoms with Crippen LogP contribution in [0.2, 0.25) is 0 Å². The number of para-hydroxylation sites is 3. The van der Waals surface area contributed by atoms with E-state index in [9.17, 15) is 0 Å². The Morgan fingerprint density at radius 1 is 0.600 bits per heavy atom. The predicted octanol–water partition coefficient (Wildman–Crippen LogP) is 4.78. The molecule has 6 aromatic rings. The molecule has 0 amide bonds. The minimum absolute atomic E-state index is 0.241. The quantitative estimate of drug-likeness (QED) is 0.269. The van der Waals surface area contributed by atoms with Crippen LogP contribution in [0.3, 0.4) is 0 Å².